The van der Waals surface area contributed by atoms with Gasteiger partial charge in [0.1, 0.15) is 5.75 Å². The molecule has 0 saturated carbocycles. The molecule has 0 radical (unpaired) electrons. The van der Waals surface area contributed by atoms with E-state index in [9.17, 15) is 0 Å². The van der Waals surface area contributed by atoms with Gasteiger partial charge in [-0.25, -0.2) is 0 Å². The molecule has 114 valence electrons. The first-order valence-corrected chi connectivity index (χ1v) is 8.10. The smallest absolute Gasteiger partial charge is 0.178 e. The Morgan fingerprint density at radius 3 is 2.76 bits per heavy atom. The number of nitrogens with zero attached hydrogens (tertiary/aromatic N) is 2. The van der Waals surface area contributed by atoms with E-state index in [1.807, 2.05) is 12.1 Å². The van der Waals surface area contributed by atoms with Crippen molar-refractivity contribution >= 4 is 23.3 Å². The summed E-state index contributed by atoms with van der Waals surface area (Å²) in [6.07, 6.45) is 4.02. The van der Waals surface area contributed by atoms with Crippen molar-refractivity contribution in [3.05, 3.63) is 23.0 Å². The number of nitrogens with one attached hydrogen (secondary N) is 1. The Balaban J connectivity index is 1.88. The molecular weight excluding hydrogens is 282 g/mol. The van der Waals surface area contributed by atoms with Crippen LogP contribution in [-0.4, -0.2) is 41.2 Å². The second-order valence-electron chi connectivity index (χ2n) is 5.89. The molecule has 0 spiro atoms. The van der Waals surface area contributed by atoms with Crippen LogP contribution in [0.15, 0.2) is 18.2 Å². The highest BCUT2D eigenvalue weighted by molar-refractivity contribution is 7.71. The lowest BCUT2D eigenvalue weighted by atomic mass is 10.1. The summed E-state index contributed by atoms with van der Waals surface area (Å²) in [5, 5.41) is 0. The van der Waals surface area contributed by atoms with E-state index in [0.29, 0.717) is 6.04 Å². The Kier molecular flexibility index (Phi) is 4.31. The standard InChI is InChI=1S/C16H23N3OS/c1-12(11-18-8-4-3-5-9-18)19-15-7-6-13(20-2)10-14(15)17-16(19)21/h6-7,10,12H,3-5,8-9,11H2,1-2H3,(H,17,21). The number of ether oxygens (including phenoxy) is 1. The third-order valence-electron chi connectivity index (χ3n) is 4.34. The summed E-state index contributed by atoms with van der Waals surface area (Å²) in [6, 6.07) is 6.47. The largest absolute Gasteiger partial charge is 0.497 e. The van der Waals surface area contributed by atoms with Crippen LogP contribution < -0.4 is 4.74 Å². The fourth-order valence-electron chi connectivity index (χ4n) is 3.27. The van der Waals surface area contributed by atoms with Crippen molar-refractivity contribution in [2.45, 2.75) is 32.2 Å². The molecule has 21 heavy (non-hydrogen) atoms. The number of methoxy groups -OCH3 is 1. The Morgan fingerprint density at radius 1 is 1.29 bits per heavy atom. The Bertz CT molecular complexity index is 670. The van der Waals surface area contributed by atoms with Crippen LogP contribution in [0.5, 0.6) is 5.75 Å². The number of hydrogen-bond donors (Lipinski definition) is 1. The zero-order valence-electron chi connectivity index (χ0n) is 12.8. The van der Waals surface area contributed by atoms with Crippen LogP contribution in [0.3, 0.4) is 0 Å². The maximum atomic E-state index is 5.52. The van der Waals surface area contributed by atoms with Crippen LogP contribution in [0.1, 0.15) is 32.2 Å². The molecule has 1 atom stereocenters. The Labute approximate surface area is 130 Å². The molecule has 1 aromatic carbocycles. The molecule has 0 amide bonds. The summed E-state index contributed by atoms with van der Waals surface area (Å²) in [5.74, 6) is 0.856. The van der Waals surface area contributed by atoms with E-state index in [-0.39, 0.29) is 0 Å². The lowest BCUT2D eigenvalue weighted by Gasteiger charge is -2.29. The number of H-pyrrole nitrogens is 1. The molecule has 2 aromatic rings. The number of aromatic amines is 1. The number of likely N-dealkylation sites (tertiary alicyclic amines) is 1. The fourth-order valence-corrected chi connectivity index (χ4v) is 3.66. The topological polar surface area (TPSA) is 33.2 Å². The minimum Gasteiger partial charge on any atom is -0.497 e. The molecule has 1 saturated heterocycles. The average Bonchev–Trinajstić information content (AvgIpc) is 2.83. The number of piperidine rings is 1. The van der Waals surface area contributed by atoms with Crippen LogP contribution in [0, 0.1) is 4.77 Å². The van der Waals surface area contributed by atoms with E-state index in [2.05, 4.69) is 27.4 Å². The number of aromatic nitrogens is 2. The molecule has 5 heteroatoms. The normalized spacial score (nSPS) is 18.0. The van der Waals surface area contributed by atoms with Gasteiger partial charge in [-0.1, -0.05) is 6.42 Å². The van der Waals surface area contributed by atoms with Crippen molar-refractivity contribution in [1.29, 1.82) is 0 Å². The summed E-state index contributed by atoms with van der Waals surface area (Å²) >= 11 is 5.52. The molecular formula is C16H23N3OS. The average molecular weight is 305 g/mol. The molecule has 1 aliphatic rings. The first-order valence-electron chi connectivity index (χ1n) is 7.69. The van der Waals surface area contributed by atoms with E-state index in [1.54, 1.807) is 7.11 Å². The van der Waals surface area contributed by atoms with Crippen LogP contribution in [0.25, 0.3) is 11.0 Å². The second kappa shape index (κ2) is 6.20. The first kappa shape index (κ1) is 14.6. The molecule has 0 bridgehead atoms. The summed E-state index contributed by atoms with van der Waals surface area (Å²) in [5.41, 5.74) is 2.20. The van der Waals surface area contributed by atoms with E-state index >= 15 is 0 Å². The van der Waals surface area contributed by atoms with Crippen LogP contribution in [-0.2, 0) is 0 Å². The summed E-state index contributed by atoms with van der Waals surface area (Å²) < 4.78 is 8.31. The summed E-state index contributed by atoms with van der Waals surface area (Å²) in [7, 11) is 1.69. The van der Waals surface area contributed by atoms with Gasteiger partial charge in [0.2, 0.25) is 0 Å². The predicted octanol–water partition coefficient (Wildman–Crippen LogP) is 3.75. The molecule has 1 aliphatic heterocycles. The number of hydrogen-bond acceptors (Lipinski definition) is 3. The highest BCUT2D eigenvalue weighted by Crippen LogP contribution is 2.24. The van der Waals surface area contributed by atoms with Gasteiger partial charge in [0, 0.05) is 18.7 Å². The van der Waals surface area contributed by atoms with E-state index in [1.165, 1.54) is 32.4 Å². The van der Waals surface area contributed by atoms with Gasteiger partial charge in [-0.3, -0.25) is 0 Å². The van der Waals surface area contributed by atoms with E-state index in [4.69, 9.17) is 17.0 Å². The number of fused-ring (bicyclic) bond motifs is 1. The zero-order valence-corrected chi connectivity index (χ0v) is 13.6. The first-order chi connectivity index (χ1) is 10.2. The number of imidazole rings is 1. The van der Waals surface area contributed by atoms with Gasteiger partial charge in [-0.15, -0.1) is 0 Å². The van der Waals surface area contributed by atoms with Crippen molar-refractivity contribution in [2.24, 2.45) is 0 Å². The maximum absolute atomic E-state index is 5.52. The third kappa shape index (κ3) is 2.99. The minimum absolute atomic E-state index is 0.373. The third-order valence-corrected chi connectivity index (χ3v) is 4.63. The minimum atomic E-state index is 0.373. The number of benzene rings is 1. The predicted molar refractivity (Wildman–Crippen MR) is 88.7 cm³/mol. The van der Waals surface area contributed by atoms with Gasteiger partial charge in [0.05, 0.1) is 18.1 Å². The van der Waals surface area contributed by atoms with Gasteiger partial charge in [0.25, 0.3) is 0 Å². The lowest BCUT2D eigenvalue weighted by Crippen LogP contribution is -2.34. The van der Waals surface area contributed by atoms with Crippen molar-refractivity contribution < 1.29 is 4.74 Å². The highest BCUT2D eigenvalue weighted by atomic mass is 32.1. The van der Waals surface area contributed by atoms with Crippen molar-refractivity contribution in [2.75, 3.05) is 26.7 Å². The van der Waals surface area contributed by atoms with Gasteiger partial charge < -0.3 is 19.2 Å². The van der Waals surface area contributed by atoms with Crippen LogP contribution >= 0.6 is 12.2 Å². The maximum Gasteiger partial charge on any atom is 0.178 e. The van der Waals surface area contributed by atoms with E-state index in [0.717, 1.165) is 28.1 Å². The summed E-state index contributed by atoms with van der Waals surface area (Å²) in [4.78, 5) is 5.85. The quantitative estimate of drug-likeness (QED) is 0.873. The molecule has 2 heterocycles. The van der Waals surface area contributed by atoms with Crippen LogP contribution in [0.2, 0.25) is 0 Å². The number of rotatable bonds is 4. The lowest BCUT2D eigenvalue weighted by molar-refractivity contribution is 0.202. The highest BCUT2D eigenvalue weighted by Gasteiger charge is 2.17. The molecule has 3 rings (SSSR count). The van der Waals surface area contributed by atoms with Crippen LogP contribution in [0.4, 0.5) is 0 Å². The molecule has 1 unspecified atom stereocenters. The SMILES string of the molecule is COc1ccc2c(c1)[nH]c(=S)n2C(C)CN1CCCCC1. The van der Waals surface area contributed by atoms with Gasteiger partial charge in [-0.2, -0.15) is 0 Å². The van der Waals surface area contributed by atoms with Crippen molar-refractivity contribution in [1.82, 2.24) is 14.5 Å². The van der Waals surface area contributed by atoms with Gasteiger partial charge >= 0.3 is 0 Å². The molecule has 1 aromatic heterocycles. The van der Waals surface area contributed by atoms with Gasteiger partial charge in [0.15, 0.2) is 4.77 Å². The Morgan fingerprint density at radius 2 is 2.05 bits per heavy atom. The van der Waals surface area contributed by atoms with Gasteiger partial charge in [-0.05, 0) is 57.2 Å². The molecule has 4 nitrogen and oxygen atoms in total. The fraction of sp³-hybridized carbons (Fsp3) is 0.562. The molecule has 1 fully saturated rings. The second-order valence-corrected chi connectivity index (χ2v) is 6.28. The van der Waals surface area contributed by atoms with Crippen molar-refractivity contribution in [3.8, 4) is 5.75 Å². The zero-order chi connectivity index (χ0) is 14.8. The monoisotopic (exact) mass is 305 g/mol. The molecule has 0 aliphatic carbocycles. The summed E-state index contributed by atoms with van der Waals surface area (Å²) in [6.45, 7) is 5.75. The van der Waals surface area contributed by atoms with E-state index < -0.39 is 0 Å². The van der Waals surface area contributed by atoms with Crippen molar-refractivity contribution in [3.63, 3.8) is 0 Å². The Hall–Kier alpha value is -1.33. The molecule has 1 N–H and O–H groups in total.